The molecule has 0 bridgehead atoms. The van der Waals surface area contributed by atoms with Gasteiger partial charge in [0.2, 0.25) is 5.95 Å². The third-order valence-corrected chi connectivity index (χ3v) is 6.46. The van der Waals surface area contributed by atoms with Gasteiger partial charge in [-0.3, -0.25) is 0 Å². The summed E-state index contributed by atoms with van der Waals surface area (Å²) in [6.07, 6.45) is 13.2. The number of nitrogens with one attached hydrogen (secondary N) is 2. The second kappa shape index (κ2) is 8.46. The highest BCUT2D eigenvalue weighted by atomic mass is 32.2. The van der Waals surface area contributed by atoms with Crippen molar-refractivity contribution in [2.45, 2.75) is 52.5 Å². The molecule has 0 amide bonds. The van der Waals surface area contributed by atoms with Crippen molar-refractivity contribution in [3.8, 4) is 6.07 Å². The Morgan fingerprint density at radius 1 is 1.45 bits per heavy atom. The highest BCUT2D eigenvalue weighted by Gasteiger charge is 2.35. The average molecular weight is 406 g/mol. The van der Waals surface area contributed by atoms with E-state index in [1.807, 2.05) is 6.92 Å². The predicted octanol–water partition coefficient (Wildman–Crippen LogP) is 5.28. The molecule has 5 nitrogen and oxygen atoms in total. The molecule has 2 aliphatic carbocycles. The van der Waals surface area contributed by atoms with Crippen molar-refractivity contribution in [1.82, 2.24) is 15.3 Å². The fourth-order valence-corrected chi connectivity index (χ4v) is 4.70. The van der Waals surface area contributed by atoms with Gasteiger partial charge in [0.15, 0.2) is 0 Å². The monoisotopic (exact) mass is 405 g/mol. The van der Waals surface area contributed by atoms with Crippen molar-refractivity contribution in [3.05, 3.63) is 57.4 Å². The van der Waals surface area contributed by atoms with Crippen molar-refractivity contribution < 1.29 is 0 Å². The van der Waals surface area contributed by atoms with E-state index in [9.17, 15) is 5.26 Å². The average Bonchev–Trinajstić information content (AvgIpc) is 3.31. The van der Waals surface area contributed by atoms with Crippen LogP contribution in [0.5, 0.6) is 0 Å². The van der Waals surface area contributed by atoms with Crippen LogP contribution in [-0.4, -0.2) is 16.0 Å². The fraction of sp³-hybridized carbons (Fsp3) is 0.435. The standard InChI is InChI=1S/C23H27N5S/c1-4-6-15(3)26-23-25-12-14(2)21(28-23)19(11-24)22-27-20(13-29-22)17-8-5-7-16-9-18(16)10-17/h5,7,10,12-13,15-16,18,27H,4,6,8-9H2,1-3H3,(H,25,26,28)/b22-19-. The Hall–Kier alpha value is -2.52. The third kappa shape index (κ3) is 4.40. The summed E-state index contributed by atoms with van der Waals surface area (Å²) in [4.78, 5) is 9.08. The zero-order valence-electron chi connectivity index (χ0n) is 17.2. The molecule has 0 aromatic carbocycles. The van der Waals surface area contributed by atoms with Gasteiger partial charge in [-0.05, 0) is 56.1 Å². The molecule has 1 aliphatic heterocycles. The summed E-state index contributed by atoms with van der Waals surface area (Å²) in [6, 6.07) is 2.67. The molecule has 6 heteroatoms. The van der Waals surface area contributed by atoms with E-state index in [1.165, 1.54) is 12.0 Å². The van der Waals surface area contributed by atoms with Gasteiger partial charge in [0.25, 0.3) is 0 Å². The van der Waals surface area contributed by atoms with Gasteiger partial charge in [0.05, 0.1) is 10.7 Å². The molecule has 2 N–H and O–H groups in total. The van der Waals surface area contributed by atoms with Gasteiger partial charge < -0.3 is 10.6 Å². The van der Waals surface area contributed by atoms with Crippen molar-refractivity contribution in [3.63, 3.8) is 0 Å². The molecule has 1 aromatic heterocycles. The molecule has 150 valence electrons. The third-order valence-electron chi connectivity index (χ3n) is 5.56. The van der Waals surface area contributed by atoms with Gasteiger partial charge >= 0.3 is 0 Å². The number of allylic oxidation sites excluding steroid dienone is 5. The highest BCUT2D eigenvalue weighted by Crippen LogP contribution is 2.45. The minimum absolute atomic E-state index is 0.294. The minimum atomic E-state index is 0.294. The largest absolute Gasteiger partial charge is 0.352 e. The number of nitrogens with zero attached hydrogens (tertiary/aromatic N) is 3. The first-order valence-corrected chi connectivity index (χ1v) is 11.2. The van der Waals surface area contributed by atoms with E-state index in [1.54, 1.807) is 18.0 Å². The van der Waals surface area contributed by atoms with E-state index < -0.39 is 0 Å². The lowest BCUT2D eigenvalue weighted by molar-refractivity contribution is 0.683. The SMILES string of the molecule is CCCC(C)Nc1ncc(C)c(/C(C#N)=C2/NC(C3=CC4CC4C=CC3)=CS2)n1. The first-order chi connectivity index (χ1) is 14.1. The lowest BCUT2D eigenvalue weighted by atomic mass is 10.1. The summed E-state index contributed by atoms with van der Waals surface area (Å²) >= 11 is 1.57. The Balaban J connectivity index is 1.57. The van der Waals surface area contributed by atoms with Crippen LogP contribution >= 0.6 is 11.8 Å². The molecule has 0 spiro atoms. The van der Waals surface area contributed by atoms with Crippen LogP contribution in [0.1, 0.15) is 50.8 Å². The number of aromatic nitrogens is 2. The molecular formula is C23H27N5S. The maximum atomic E-state index is 9.92. The molecule has 1 saturated carbocycles. The van der Waals surface area contributed by atoms with Crippen LogP contribution < -0.4 is 10.6 Å². The maximum absolute atomic E-state index is 9.92. The lowest BCUT2D eigenvalue weighted by Gasteiger charge is -2.15. The summed E-state index contributed by atoms with van der Waals surface area (Å²) in [7, 11) is 0. The van der Waals surface area contributed by atoms with Gasteiger partial charge in [0, 0.05) is 23.3 Å². The van der Waals surface area contributed by atoms with Crippen molar-refractivity contribution in [1.29, 1.82) is 5.26 Å². The van der Waals surface area contributed by atoms with Gasteiger partial charge in [-0.25, -0.2) is 9.97 Å². The van der Waals surface area contributed by atoms with Gasteiger partial charge in [0.1, 0.15) is 11.6 Å². The molecule has 3 aliphatic rings. The summed E-state index contributed by atoms with van der Waals surface area (Å²) < 4.78 is 0. The molecule has 3 atom stereocenters. The zero-order valence-corrected chi connectivity index (χ0v) is 18.0. The smallest absolute Gasteiger partial charge is 0.223 e. The summed E-state index contributed by atoms with van der Waals surface area (Å²) in [6.45, 7) is 6.24. The van der Waals surface area contributed by atoms with Crippen molar-refractivity contribution >= 4 is 23.3 Å². The van der Waals surface area contributed by atoms with E-state index in [4.69, 9.17) is 0 Å². The topological polar surface area (TPSA) is 73.6 Å². The molecule has 1 aromatic rings. The van der Waals surface area contributed by atoms with Crippen LogP contribution in [0.2, 0.25) is 0 Å². The van der Waals surface area contributed by atoms with Crippen molar-refractivity contribution in [2.75, 3.05) is 5.32 Å². The number of fused-ring (bicyclic) bond motifs is 1. The number of hydrogen-bond donors (Lipinski definition) is 2. The van der Waals surface area contributed by atoms with E-state index in [2.05, 4.69) is 64.2 Å². The van der Waals surface area contributed by atoms with Crippen LogP contribution in [0.15, 0.2) is 46.1 Å². The number of thioether (sulfide) groups is 1. The first kappa shape index (κ1) is 19.8. The van der Waals surface area contributed by atoms with Crippen LogP contribution in [0.25, 0.3) is 5.57 Å². The first-order valence-electron chi connectivity index (χ1n) is 10.4. The molecular weight excluding hydrogens is 378 g/mol. The number of aryl methyl sites for hydroxylation is 1. The molecule has 4 rings (SSSR count). The Morgan fingerprint density at radius 3 is 3.10 bits per heavy atom. The van der Waals surface area contributed by atoms with Gasteiger partial charge in [-0.2, -0.15) is 5.26 Å². The number of anilines is 1. The molecule has 2 heterocycles. The van der Waals surface area contributed by atoms with E-state index in [0.29, 0.717) is 29.2 Å². The molecule has 0 radical (unpaired) electrons. The van der Waals surface area contributed by atoms with E-state index >= 15 is 0 Å². The minimum Gasteiger partial charge on any atom is -0.352 e. The molecule has 0 saturated heterocycles. The van der Waals surface area contributed by atoms with Crippen LogP contribution in [0.4, 0.5) is 5.95 Å². The maximum Gasteiger partial charge on any atom is 0.223 e. The normalized spacial score (nSPS) is 25.0. The number of rotatable bonds is 6. The van der Waals surface area contributed by atoms with Crippen molar-refractivity contribution in [2.24, 2.45) is 11.8 Å². The quantitative estimate of drug-likeness (QED) is 0.496. The van der Waals surface area contributed by atoms with Gasteiger partial charge in [-0.15, -0.1) is 0 Å². The fourth-order valence-electron chi connectivity index (χ4n) is 3.82. The van der Waals surface area contributed by atoms with Crippen LogP contribution in [0, 0.1) is 30.1 Å². The Morgan fingerprint density at radius 2 is 2.31 bits per heavy atom. The number of hydrogen-bond acceptors (Lipinski definition) is 6. The Bertz CT molecular complexity index is 966. The second-order valence-corrected chi connectivity index (χ2v) is 8.92. The summed E-state index contributed by atoms with van der Waals surface area (Å²) in [5.41, 5.74) is 4.59. The predicted molar refractivity (Wildman–Crippen MR) is 120 cm³/mol. The molecule has 29 heavy (non-hydrogen) atoms. The second-order valence-electron chi connectivity index (χ2n) is 8.04. The van der Waals surface area contributed by atoms with Crippen LogP contribution in [0.3, 0.4) is 0 Å². The molecule has 1 fully saturated rings. The van der Waals surface area contributed by atoms with Gasteiger partial charge in [-0.1, -0.05) is 43.3 Å². The summed E-state index contributed by atoms with van der Waals surface area (Å²) in [5, 5.41) is 19.7. The zero-order chi connectivity index (χ0) is 20.4. The lowest BCUT2D eigenvalue weighted by Crippen LogP contribution is -2.17. The summed E-state index contributed by atoms with van der Waals surface area (Å²) in [5.74, 6) is 1.99. The Kier molecular flexibility index (Phi) is 5.77. The van der Waals surface area contributed by atoms with Crippen LogP contribution in [-0.2, 0) is 0 Å². The van der Waals surface area contributed by atoms with E-state index in [-0.39, 0.29) is 0 Å². The Labute approximate surface area is 177 Å². The molecule has 3 unspecified atom stereocenters. The highest BCUT2D eigenvalue weighted by molar-refractivity contribution is 8.06. The number of nitriles is 1. The van der Waals surface area contributed by atoms with E-state index in [0.717, 1.165) is 41.5 Å².